The highest BCUT2D eigenvalue weighted by atomic mass is 32.2. The highest BCUT2D eigenvalue weighted by Crippen LogP contribution is 2.54. The molecule has 5 nitrogen and oxygen atoms in total. The van der Waals surface area contributed by atoms with Crippen molar-refractivity contribution in [2.24, 2.45) is 5.41 Å². The fourth-order valence-electron chi connectivity index (χ4n) is 5.75. The van der Waals surface area contributed by atoms with Crippen molar-refractivity contribution in [2.45, 2.75) is 36.1 Å². The van der Waals surface area contributed by atoms with Crippen molar-refractivity contribution in [3.63, 3.8) is 0 Å². The number of fused-ring (bicyclic) bond motifs is 3. The van der Waals surface area contributed by atoms with E-state index < -0.39 is 23.1 Å². The first-order chi connectivity index (χ1) is 19.0. The van der Waals surface area contributed by atoms with E-state index in [4.69, 9.17) is 4.74 Å². The Balaban J connectivity index is 1.42. The summed E-state index contributed by atoms with van der Waals surface area (Å²) in [5.41, 5.74) is 1.97. The summed E-state index contributed by atoms with van der Waals surface area (Å²) in [5.74, 6) is -1.54. The smallest absolute Gasteiger partial charge is 0.224 e. The van der Waals surface area contributed by atoms with Gasteiger partial charge in [-0.15, -0.1) is 11.8 Å². The minimum absolute atomic E-state index is 0.0177. The summed E-state index contributed by atoms with van der Waals surface area (Å²) in [6.45, 7) is 0.533. The van der Waals surface area contributed by atoms with Crippen molar-refractivity contribution in [1.29, 1.82) is 0 Å². The normalized spacial score (nSPS) is 18.7. The van der Waals surface area contributed by atoms with Gasteiger partial charge in [0.15, 0.2) is 28.9 Å². The second-order valence-corrected chi connectivity index (χ2v) is 11.4. The fraction of sp³-hybridized carbons (Fsp3) is 0.226. The Hall–Kier alpha value is -3.91. The Bertz CT molecular complexity index is 1680. The maximum absolute atomic E-state index is 15.2. The molecule has 196 valence electrons. The van der Waals surface area contributed by atoms with E-state index in [1.807, 2.05) is 59.6 Å². The average Bonchev–Trinajstić information content (AvgIpc) is 3.75. The number of benzene rings is 3. The SMILES string of the molecule is O=C1c2c(OCc3ccccc3)c(=O)ccn2N(C2c3ccccc3SCc3c2ccc(F)c3F)CC12CC2. The number of rotatable bonds is 4. The van der Waals surface area contributed by atoms with Gasteiger partial charge >= 0.3 is 0 Å². The molecule has 4 aromatic rings. The molecule has 0 radical (unpaired) electrons. The zero-order chi connectivity index (χ0) is 26.7. The Kier molecular flexibility index (Phi) is 5.63. The monoisotopic (exact) mass is 542 g/mol. The molecule has 0 bridgehead atoms. The summed E-state index contributed by atoms with van der Waals surface area (Å²) in [4.78, 5) is 28.0. The fourth-order valence-corrected chi connectivity index (χ4v) is 6.86. The minimum atomic E-state index is -0.882. The number of halogens is 2. The number of hydrogen-bond donors (Lipinski definition) is 0. The molecule has 1 aromatic heterocycles. The number of carbonyl (C=O) groups excluding carboxylic acids is 1. The van der Waals surface area contributed by atoms with Gasteiger partial charge in [-0.2, -0.15) is 0 Å². The van der Waals surface area contributed by atoms with Crippen molar-refractivity contribution >= 4 is 17.5 Å². The third-order valence-corrected chi connectivity index (χ3v) is 9.08. The Morgan fingerprint density at radius 2 is 1.69 bits per heavy atom. The van der Waals surface area contributed by atoms with E-state index in [1.165, 1.54) is 23.9 Å². The molecule has 1 spiro atoms. The summed E-state index contributed by atoms with van der Waals surface area (Å²) >= 11 is 1.47. The summed E-state index contributed by atoms with van der Waals surface area (Å²) in [6.07, 6.45) is 2.98. The van der Waals surface area contributed by atoms with Crippen LogP contribution >= 0.6 is 11.8 Å². The predicted octanol–water partition coefficient (Wildman–Crippen LogP) is 6.02. The van der Waals surface area contributed by atoms with Gasteiger partial charge in [-0.05, 0) is 41.7 Å². The predicted molar refractivity (Wildman–Crippen MR) is 145 cm³/mol. The number of ether oxygens (including phenoxy) is 1. The Morgan fingerprint density at radius 3 is 2.49 bits per heavy atom. The van der Waals surface area contributed by atoms with Crippen molar-refractivity contribution in [3.05, 3.63) is 129 Å². The maximum atomic E-state index is 15.2. The van der Waals surface area contributed by atoms with Gasteiger partial charge in [0, 0.05) is 35.0 Å². The van der Waals surface area contributed by atoms with Crippen LogP contribution in [-0.4, -0.2) is 17.0 Å². The van der Waals surface area contributed by atoms with E-state index in [-0.39, 0.29) is 35.0 Å². The molecule has 0 N–H and O–H groups in total. The first-order valence-electron chi connectivity index (χ1n) is 12.9. The van der Waals surface area contributed by atoms with Gasteiger partial charge < -0.3 is 4.74 Å². The van der Waals surface area contributed by atoms with E-state index >= 15 is 4.39 Å². The quantitative estimate of drug-likeness (QED) is 0.316. The van der Waals surface area contributed by atoms with Crippen LogP contribution in [0.15, 0.2) is 88.7 Å². The van der Waals surface area contributed by atoms with E-state index in [9.17, 15) is 14.0 Å². The van der Waals surface area contributed by atoms with Gasteiger partial charge in [-0.1, -0.05) is 54.6 Å². The second-order valence-electron chi connectivity index (χ2n) is 10.3. The minimum Gasteiger partial charge on any atom is -0.483 e. The zero-order valence-electron chi connectivity index (χ0n) is 20.9. The van der Waals surface area contributed by atoms with Crippen LogP contribution < -0.4 is 15.2 Å². The van der Waals surface area contributed by atoms with Crippen LogP contribution in [0.3, 0.4) is 0 Å². The molecule has 1 fully saturated rings. The van der Waals surface area contributed by atoms with E-state index in [0.29, 0.717) is 30.5 Å². The van der Waals surface area contributed by atoms with Gasteiger partial charge in [-0.3, -0.25) is 19.3 Å². The van der Waals surface area contributed by atoms with Gasteiger partial charge in [-0.25, -0.2) is 8.78 Å². The lowest BCUT2D eigenvalue weighted by Gasteiger charge is -2.43. The molecule has 3 aromatic carbocycles. The number of pyridine rings is 1. The van der Waals surface area contributed by atoms with Crippen molar-refractivity contribution in [2.75, 3.05) is 11.6 Å². The zero-order valence-corrected chi connectivity index (χ0v) is 21.7. The summed E-state index contributed by atoms with van der Waals surface area (Å²) in [7, 11) is 0. The topological polar surface area (TPSA) is 51.5 Å². The molecule has 3 heterocycles. The molecule has 0 amide bonds. The number of thioether (sulfide) groups is 1. The van der Waals surface area contributed by atoms with Crippen LogP contribution in [0.5, 0.6) is 5.75 Å². The van der Waals surface area contributed by atoms with Gasteiger partial charge in [0.1, 0.15) is 6.61 Å². The molecule has 1 unspecified atom stereocenters. The molecular formula is C31H24F2N2O3S. The molecule has 8 heteroatoms. The van der Waals surface area contributed by atoms with Gasteiger partial charge in [0.05, 0.1) is 11.5 Å². The average molecular weight is 543 g/mol. The lowest BCUT2D eigenvalue weighted by molar-refractivity contribution is 0.0853. The van der Waals surface area contributed by atoms with Crippen molar-refractivity contribution < 1.29 is 18.3 Å². The Morgan fingerprint density at radius 1 is 0.923 bits per heavy atom. The number of nitrogens with zero attached hydrogens (tertiary/aromatic N) is 2. The van der Waals surface area contributed by atoms with Crippen LogP contribution in [0, 0.1) is 17.0 Å². The first-order valence-corrected chi connectivity index (χ1v) is 13.9. The highest BCUT2D eigenvalue weighted by molar-refractivity contribution is 7.98. The first kappa shape index (κ1) is 24.2. The lowest BCUT2D eigenvalue weighted by Crippen LogP contribution is -2.52. The molecule has 1 saturated carbocycles. The maximum Gasteiger partial charge on any atom is 0.224 e. The molecule has 1 aliphatic carbocycles. The van der Waals surface area contributed by atoms with Gasteiger partial charge in [0.25, 0.3) is 0 Å². The lowest BCUT2D eigenvalue weighted by atomic mass is 9.89. The van der Waals surface area contributed by atoms with Crippen molar-refractivity contribution in [3.8, 4) is 5.75 Å². The summed E-state index contributed by atoms with van der Waals surface area (Å²) in [5, 5.41) is 2.03. The van der Waals surface area contributed by atoms with E-state index in [0.717, 1.165) is 16.0 Å². The molecular weight excluding hydrogens is 518 g/mol. The molecule has 0 saturated heterocycles. The Labute approximate surface area is 228 Å². The standard InChI is InChI=1S/C31H24F2N2O3S/c32-23-11-10-20-22(26(23)33)17-39-25-9-5-4-8-21(25)27(20)35-18-31(13-14-31)30(37)28-29(24(36)12-15-34(28)35)38-16-19-6-2-1-3-7-19/h1-12,15,27H,13-14,16-18H2. The molecule has 7 rings (SSSR count). The number of hydrogen-bond acceptors (Lipinski definition) is 5. The number of carbonyl (C=O) groups is 1. The number of aromatic nitrogens is 1. The molecule has 39 heavy (non-hydrogen) atoms. The van der Waals surface area contributed by atoms with E-state index in [1.54, 1.807) is 16.9 Å². The largest absolute Gasteiger partial charge is 0.483 e. The third-order valence-electron chi connectivity index (χ3n) is 7.96. The van der Waals surface area contributed by atoms with Gasteiger partial charge in [0.2, 0.25) is 5.43 Å². The highest BCUT2D eigenvalue weighted by Gasteiger charge is 2.57. The van der Waals surface area contributed by atoms with Crippen LogP contribution in [0.4, 0.5) is 8.78 Å². The van der Waals surface area contributed by atoms with Crippen LogP contribution in [-0.2, 0) is 12.4 Å². The van der Waals surface area contributed by atoms with Crippen LogP contribution in [0.1, 0.15) is 51.6 Å². The van der Waals surface area contributed by atoms with Crippen LogP contribution in [0.25, 0.3) is 0 Å². The molecule has 3 aliphatic rings. The third kappa shape index (κ3) is 3.88. The molecule has 1 atom stereocenters. The van der Waals surface area contributed by atoms with Crippen LogP contribution in [0.2, 0.25) is 0 Å². The van der Waals surface area contributed by atoms with Crippen molar-refractivity contribution in [1.82, 2.24) is 4.68 Å². The summed E-state index contributed by atoms with van der Waals surface area (Å²) < 4.78 is 37.3. The number of ketones is 1. The number of Topliss-reactive ketones (excluding diaryl/α,β-unsaturated/α-hetero) is 1. The summed E-state index contributed by atoms with van der Waals surface area (Å²) in [6, 6.07) is 21.0. The molecule has 2 aliphatic heterocycles. The second kappa shape index (κ2) is 9.09. The van der Waals surface area contributed by atoms with E-state index in [2.05, 4.69) is 0 Å².